The lowest BCUT2D eigenvalue weighted by Gasteiger charge is -2.10. The summed E-state index contributed by atoms with van der Waals surface area (Å²) in [6.45, 7) is 3.65. The SMILES string of the molecule is CCOC(C)=O.c1cc2ccc1-2. The van der Waals surface area contributed by atoms with Crippen molar-refractivity contribution in [3.8, 4) is 11.1 Å². The first-order valence-corrected chi connectivity index (χ1v) is 3.98. The average molecular weight is 164 g/mol. The molecular formula is C10H12O2. The molecule has 0 aromatic heterocycles. The van der Waals surface area contributed by atoms with E-state index in [9.17, 15) is 4.79 Å². The Balaban J connectivity index is 0.000000120. The van der Waals surface area contributed by atoms with Gasteiger partial charge in [0, 0.05) is 6.92 Å². The van der Waals surface area contributed by atoms with E-state index in [-0.39, 0.29) is 5.97 Å². The molecule has 0 aliphatic heterocycles. The number of hydrogen-bond acceptors (Lipinski definition) is 2. The molecular weight excluding hydrogens is 152 g/mol. The fourth-order valence-electron chi connectivity index (χ4n) is 0.866. The maximum atomic E-state index is 9.82. The van der Waals surface area contributed by atoms with Crippen molar-refractivity contribution < 1.29 is 9.53 Å². The molecule has 0 saturated heterocycles. The summed E-state index contributed by atoms with van der Waals surface area (Å²) >= 11 is 0. The highest BCUT2D eigenvalue weighted by atomic mass is 16.5. The zero-order valence-corrected chi connectivity index (χ0v) is 7.33. The van der Waals surface area contributed by atoms with E-state index in [1.54, 1.807) is 6.92 Å². The van der Waals surface area contributed by atoms with Gasteiger partial charge in [0.05, 0.1) is 6.61 Å². The molecule has 2 heteroatoms. The van der Waals surface area contributed by atoms with Crippen molar-refractivity contribution in [2.24, 2.45) is 0 Å². The van der Waals surface area contributed by atoms with Crippen LogP contribution in [0.4, 0.5) is 0 Å². The van der Waals surface area contributed by atoms with E-state index in [0.29, 0.717) is 6.61 Å². The molecule has 0 fully saturated rings. The number of benzene rings is 1. The molecule has 0 radical (unpaired) electrons. The smallest absolute Gasteiger partial charge is 0.302 e. The molecule has 0 aromatic rings. The van der Waals surface area contributed by atoms with E-state index in [1.165, 1.54) is 18.1 Å². The van der Waals surface area contributed by atoms with Gasteiger partial charge in [0.1, 0.15) is 0 Å². The van der Waals surface area contributed by atoms with E-state index in [4.69, 9.17) is 0 Å². The van der Waals surface area contributed by atoms with Crippen molar-refractivity contribution in [1.29, 1.82) is 0 Å². The second-order valence-electron chi connectivity index (χ2n) is 2.50. The predicted molar refractivity (Wildman–Crippen MR) is 47.7 cm³/mol. The van der Waals surface area contributed by atoms with E-state index >= 15 is 0 Å². The summed E-state index contributed by atoms with van der Waals surface area (Å²) in [4.78, 5) is 9.82. The summed E-state index contributed by atoms with van der Waals surface area (Å²) in [5.74, 6) is -0.211. The van der Waals surface area contributed by atoms with E-state index in [2.05, 4.69) is 29.0 Å². The third kappa shape index (κ3) is 2.09. The fraction of sp³-hybridized carbons (Fsp3) is 0.300. The highest BCUT2D eigenvalue weighted by Crippen LogP contribution is 2.29. The molecule has 0 saturated carbocycles. The van der Waals surface area contributed by atoms with Gasteiger partial charge in [-0.3, -0.25) is 4.79 Å². The van der Waals surface area contributed by atoms with Crippen molar-refractivity contribution in [2.75, 3.05) is 6.61 Å². The minimum absolute atomic E-state index is 0.211. The Labute approximate surface area is 72.2 Å². The van der Waals surface area contributed by atoms with Crippen LogP contribution in [-0.4, -0.2) is 12.6 Å². The maximum absolute atomic E-state index is 9.82. The zero-order valence-electron chi connectivity index (χ0n) is 7.33. The Bertz CT molecular complexity index is 241. The molecule has 2 nitrogen and oxygen atoms in total. The van der Waals surface area contributed by atoms with Gasteiger partial charge in [-0.1, -0.05) is 24.3 Å². The Hall–Kier alpha value is -1.31. The highest BCUT2D eigenvalue weighted by Gasteiger charge is 2.03. The lowest BCUT2D eigenvalue weighted by molar-refractivity contribution is -0.140. The molecule has 0 unspecified atom stereocenters. The normalized spacial score (nSPS) is 9.50. The van der Waals surface area contributed by atoms with Gasteiger partial charge < -0.3 is 4.74 Å². The summed E-state index contributed by atoms with van der Waals surface area (Å²) in [5.41, 5.74) is 2.85. The van der Waals surface area contributed by atoms with Gasteiger partial charge in [-0.15, -0.1) is 0 Å². The Morgan fingerprint density at radius 1 is 1.25 bits per heavy atom. The summed E-state index contributed by atoms with van der Waals surface area (Å²) in [5, 5.41) is 0. The lowest BCUT2D eigenvalue weighted by Crippen LogP contribution is -1.95. The molecule has 0 N–H and O–H groups in total. The van der Waals surface area contributed by atoms with Gasteiger partial charge >= 0.3 is 5.97 Å². The fourth-order valence-corrected chi connectivity index (χ4v) is 0.866. The molecule has 0 spiro atoms. The second kappa shape index (κ2) is 3.90. The topological polar surface area (TPSA) is 26.3 Å². The van der Waals surface area contributed by atoms with Crippen molar-refractivity contribution in [3.63, 3.8) is 0 Å². The molecule has 2 aliphatic carbocycles. The van der Waals surface area contributed by atoms with E-state index in [1.807, 2.05) is 0 Å². The van der Waals surface area contributed by atoms with Gasteiger partial charge in [-0.25, -0.2) is 0 Å². The van der Waals surface area contributed by atoms with E-state index < -0.39 is 0 Å². The summed E-state index contributed by atoms with van der Waals surface area (Å²) in [6, 6.07) is 8.48. The molecule has 64 valence electrons. The average Bonchev–Trinajstić information content (AvgIpc) is 1.98. The van der Waals surface area contributed by atoms with Gasteiger partial charge in [0.15, 0.2) is 0 Å². The standard InChI is InChI=1S/C6H4.C4H8O2/c1-2-6-4-3-5(1)6;1-3-6-4(2)5/h1-4H;3H2,1-2H3. The first-order chi connectivity index (χ1) is 5.74. The second-order valence-corrected chi connectivity index (χ2v) is 2.50. The number of ether oxygens (including phenoxy) is 1. The molecule has 0 aromatic carbocycles. The predicted octanol–water partition coefficient (Wildman–Crippen LogP) is 2.24. The molecule has 0 bridgehead atoms. The summed E-state index contributed by atoms with van der Waals surface area (Å²) in [7, 11) is 0. The van der Waals surface area contributed by atoms with Crippen LogP contribution in [0.2, 0.25) is 0 Å². The monoisotopic (exact) mass is 164 g/mol. The van der Waals surface area contributed by atoms with Gasteiger partial charge in [-0.2, -0.15) is 0 Å². The Kier molecular flexibility index (Phi) is 2.86. The Morgan fingerprint density at radius 2 is 1.67 bits per heavy atom. The van der Waals surface area contributed by atoms with Crippen LogP contribution < -0.4 is 0 Å². The third-order valence-electron chi connectivity index (χ3n) is 1.57. The number of carbonyl (C=O) groups is 1. The number of hydrogen-bond donors (Lipinski definition) is 0. The molecule has 0 atom stereocenters. The van der Waals surface area contributed by atoms with Crippen molar-refractivity contribution >= 4 is 5.97 Å². The molecule has 0 heterocycles. The van der Waals surface area contributed by atoms with Gasteiger partial charge in [-0.05, 0) is 18.1 Å². The molecule has 2 rings (SSSR count). The maximum Gasteiger partial charge on any atom is 0.302 e. The number of carbonyl (C=O) groups excluding carboxylic acids is 1. The first-order valence-electron chi connectivity index (χ1n) is 3.98. The first kappa shape index (κ1) is 8.78. The van der Waals surface area contributed by atoms with Crippen LogP contribution in [0.5, 0.6) is 0 Å². The zero-order chi connectivity index (χ0) is 8.97. The quantitative estimate of drug-likeness (QED) is 0.604. The van der Waals surface area contributed by atoms with Crippen molar-refractivity contribution in [1.82, 2.24) is 0 Å². The molecule has 12 heavy (non-hydrogen) atoms. The summed E-state index contributed by atoms with van der Waals surface area (Å²) in [6.07, 6.45) is 0. The molecule has 0 amide bonds. The van der Waals surface area contributed by atoms with Crippen molar-refractivity contribution in [2.45, 2.75) is 13.8 Å². The number of fused-ring (bicyclic) bond motifs is 1. The van der Waals surface area contributed by atoms with Crippen LogP contribution in [0.1, 0.15) is 13.8 Å². The summed E-state index contributed by atoms with van der Waals surface area (Å²) < 4.78 is 4.40. The van der Waals surface area contributed by atoms with E-state index in [0.717, 1.165) is 0 Å². The van der Waals surface area contributed by atoms with Crippen molar-refractivity contribution in [3.05, 3.63) is 24.3 Å². The number of rotatable bonds is 1. The minimum Gasteiger partial charge on any atom is -0.466 e. The van der Waals surface area contributed by atoms with Gasteiger partial charge in [0.2, 0.25) is 0 Å². The minimum atomic E-state index is -0.211. The van der Waals surface area contributed by atoms with Crippen LogP contribution in [0.15, 0.2) is 24.3 Å². The number of esters is 1. The van der Waals surface area contributed by atoms with Crippen LogP contribution in [-0.2, 0) is 9.53 Å². The molecule has 2 aliphatic rings. The highest BCUT2D eigenvalue weighted by molar-refractivity contribution is 5.75. The van der Waals surface area contributed by atoms with Crippen LogP contribution in [0.3, 0.4) is 0 Å². The Morgan fingerprint density at radius 3 is 1.67 bits per heavy atom. The lowest BCUT2D eigenvalue weighted by atomic mass is 9.95. The third-order valence-corrected chi connectivity index (χ3v) is 1.57. The largest absolute Gasteiger partial charge is 0.466 e. The van der Waals surface area contributed by atoms with Gasteiger partial charge in [0.25, 0.3) is 0 Å². The van der Waals surface area contributed by atoms with Crippen LogP contribution in [0, 0.1) is 0 Å². The van der Waals surface area contributed by atoms with Crippen LogP contribution in [0.25, 0.3) is 11.1 Å². The van der Waals surface area contributed by atoms with Crippen LogP contribution >= 0.6 is 0 Å².